The summed E-state index contributed by atoms with van der Waals surface area (Å²) in [5.41, 5.74) is 4.06. The lowest BCUT2D eigenvalue weighted by molar-refractivity contribution is 0.305. The van der Waals surface area contributed by atoms with Crippen molar-refractivity contribution in [2.45, 2.75) is 25.9 Å². The lowest BCUT2D eigenvalue weighted by atomic mass is 9.90. The van der Waals surface area contributed by atoms with Gasteiger partial charge in [0, 0.05) is 10.6 Å². The lowest BCUT2D eigenvalue weighted by Crippen LogP contribution is -2.12. The van der Waals surface area contributed by atoms with E-state index in [-0.39, 0.29) is 0 Å². The fourth-order valence-corrected chi connectivity index (χ4v) is 2.71. The summed E-state index contributed by atoms with van der Waals surface area (Å²) >= 11 is 5.86. The summed E-state index contributed by atoms with van der Waals surface area (Å²) < 4.78 is 5.82. The van der Waals surface area contributed by atoms with Crippen LogP contribution in [0.2, 0.25) is 5.02 Å². The van der Waals surface area contributed by atoms with Gasteiger partial charge >= 0.3 is 0 Å². The van der Waals surface area contributed by atoms with Crippen molar-refractivity contribution >= 4 is 17.3 Å². The normalized spacial score (nSPS) is 15.8. The molecular weight excluding hydrogens is 286 g/mol. The van der Waals surface area contributed by atoms with Gasteiger partial charge in [-0.2, -0.15) is 0 Å². The van der Waals surface area contributed by atoms with Gasteiger partial charge < -0.3 is 9.94 Å². The summed E-state index contributed by atoms with van der Waals surface area (Å²) in [6, 6.07) is 13.6. The summed E-state index contributed by atoms with van der Waals surface area (Å²) in [5, 5.41) is 13.1. The molecule has 0 aromatic heterocycles. The van der Waals surface area contributed by atoms with Crippen LogP contribution in [-0.2, 0) is 13.0 Å². The van der Waals surface area contributed by atoms with E-state index in [0.29, 0.717) is 6.61 Å². The molecule has 0 amide bonds. The maximum atomic E-state index is 9.03. The van der Waals surface area contributed by atoms with Crippen molar-refractivity contribution in [2.75, 3.05) is 0 Å². The van der Waals surface area contributed by atoms with Crippen LogP contribution in [0.1, 0.15) is 29.5 Å². The molecule has 0 radical (unpaired) electrons. The SMILES string of the molecule is ON=C1CCCc2cc(OCc3ccc(Cl)cc3)ccc21. The van der Waals surface area contributed by atoms with E-state index in [1.54, 1.807) is 0 Å². The van der Waals surface area contributed by atoms with E-state index in [9.17, 15) is 0 Å². The second-order valence-corrected chi connectivity index (χ2v) is 5.57. The third-order valence-electron chi connectivity index (χ3n) is 3.69. The van der Waals surface area contributed by atoms with E-state index in [0.717, 1.165) is 46.9 Å². The van der Waals surface area contributed by atoms with E-state index in [4.69, 9.17) is 21.5 Å². The Kier molecular flexibility index (Phi) is 4.11. The van der Waals surface area contributed by atoms with Gasteiger partial charge in [-0.25, -0.2) is 0 Å². The minimum atomic E-state index is 0.511. The molecule has 0 atom stereocenters. The zero-order valence-electron chi connectivity index (χ0n) is 11.6. The van der Waals surface area contributed by atoms with Gasteiger partial charge in [-0.3, -0.25) is 0 Å². The molecule has 2 aromatic carbocycles. The number of nitrogens with zero attached hydrogens (tertiary/aromatic N) is 1. The topological polar surface area (TPSA) is 41.8 Å². The van der Waals surface area contributed by atoms with Crippen LogP contribution in [0.3, 0.4) is 0 Å². The molecule has 21 heavy (non-hydrogen) atoms. The Hall–Kier alpha value is -2.00. The summed E-state index contributed by atoms with van der Waals surface area (Å²) in [6.45, 7) is 0.511. The number of oxime groups is 1. The molecule has 4 heteroatoms. The molecule has 108 valence electrons. The Bertz CT molecular complexity index is 665. The quantitative estimate of drug-likeness (QED) is 0.673. The molecule has 3 rings (SSSR count). The highest BCUT2D eigenvalue weighted by molar-refractivity contribution is 6.30. The Labute approximate surface area is 128 Å². The van der Waals surface area contributed by atoms with Crippen LogP contribution in [0, 0.1) is 0 Å². The molecule has 2 aromatic rings. The molecule has 0 aliphatic heterocycles. The summed E-state index contributed by atoms with van der Waals surface area (Å²) in [7, 11) is 0. The number of halogens is 1. The summed E-state index contributed by atoms with van der Waals surface area (Å²) in [4.78, 5) is 0. The summed E-state index contributed by atoms with van der Waals surface area (Å²) in [6.07, 6.45) is 2.83. The van der Waals surface area contributed by atoms with Crippen LogP contribution in [0.15, 0.2) is 47.6 Å². The van der Waals surface area contributed by atoms with Gasteiger partial charge in [0.1, 0.15) is 12.4 Å². The van der Waals surface area contributed by atoms with E-state index < -0.39 is 0 Å². The average Bonchev–Trinajstić information content (AvgIpc) is 2.53. The standard InChI is InChI=1S/C17H16ClNO2/c18-14-6-4-12(5-7-14)11-21-15-8-9-16-13(10-15)2-1-3-17(16)19-20/h4-10,20H,1-3,11H2. The monoisotopic (exact) mass is 301 g/mol. The van der Waals surface area contributed by atoms with E-state index in [2.05, 4.69) is 5.16 Å². The molecule has 0 spiro atoms. The minimum absolute atomic E-state index is 0.511. The second kappa shape index (κ2) is 6.19. The van der Waals surface area contributed by atoms with Crippen LogP contribution in [0.25, 0.3) is 0 Å². The first kappa shape index (κ1) is 14.0. The second-order valence-electron chi connectivity index (χ2n) is 5.13. The van der Waals surface area contributed by atoms with Crippen molar-refractivity contribution in [3.8, 4) is 5.75 Å². The number of rotatable bonds is 3. The Morgan fingerprint density at radius 3 is 2.67 bits per heavy atom. The molecule has 1 aliphatic rings. The molecule has 1 N–H and O–H groups in total. The molecule has 0 heterocycles. The fourth-order valence-electron chi connectivity index (χ4n) is 2.58. The molecule has 3 nitrogen and oxygen atoms in total. The van der Waals surface area contributed by atoms with Crippen LogP contribution in [-0.4, -0.2) is 10.9 Å². The van der Waals surface area contributed by atoms with Crippen molar-refractivity contribution < 1.29 is 9.94 Å². The molecule has 0 saturated carbocycles. The zero-order chi connectivity index (χ0) is 14.7. The van der Waals surface area contributed by atoms with Gasteiger partial charge in [0.25, 0.3) is 0 Å². The highest BCUT2D eigenvalue weighted by Crippen LogP contribution is 2.26. The number of fused-ring (bicyclic) bond motifs is 1. The number of ether oxygens (including phenoxy) is 1. The molecule has 0 fully saturated rings. The van der Waals surface area contributed by atoms with Gasteiger partial charge in [-0.15, -0.1) is 0 Å². The van der Waals surface area contributed by atoms with Gasteiger partial charge in [-0.05, 0) is 60.7 Å². The van der Waals surface area contributed by atoms with Crippen molar-refractivity contribution in [1.82, 2.24) is 0 Å². The third kappa shape index (κ3) is 3.19. The van der Waals surface area contributed by atoms with Crippen LogP contribution in [0.5, 0.6) is 5.75 Å². The Morgan fingerprint density at radius 1 is 1.10 bits per heavy atom. The van der Waals surface area contributed by atoms with Crippen molar-refractivity contribution in [2.24, 2.45) is 5.16 Å². The van der Waals surface area contributed by atoms with Gasteiger partial charge in [0.05, 0.1) is 5.71 Å². The van der Waals surface area contributed by atoms with Crippen molar-refractivity contribution in [3.05, 3.63) is 64.2 Å². The number of benzene rings is 2. The number of aryl methyl sites for hydroxylation is 1. The van der Waals surface area contributed by atoms with Gasteiger partial charge in [0.15, 0.2) is 0 Å². The number of hydrogen-bond donors (Lipinski definition) is 1. The minimum Gasteiger partial charge on any atom is -0.489 e. The fraction of sp³-hybridized carbons (Fsp3) is 0.235. The third-order valence-corrected chi connectivity index (χ3v) is 3.94. The van der Waals surface area contributed by atoms with E-state index in [1.165, 1.54) is 5.56 Å². The first-order chi connectivity index (χ1) is 10.3. The first-order valence-electron chi connectivity index (χ1n) is 6.98. The Balaban J connectivity index is 1.73. The van der Waals surface area contributed by atoms with Crippen LogP contribution >= 0.6 is 11.6 Å². The smallest absolute Gasteiger partial charge is 0.120 e. The highest BCUT2D eigenvalue weighted by atomic mass is 35.5. The molecule has 0 unspecified atom stereocenters. The van der Waals surface area contributed by atoms with Crippen LogP contribution < -0.4 is 4.74 Å². The highest BCUT2D eigenvalue weighted by Gasteiger charge is 2.16. The molecule has 0 saturated heterocycles. The largest absolute Gasteiger partial charge is 0.489 e. The molecular formula is C17H16ClNO2. The maximum Gasteiger partial charge on any atom is 0.120 e. The van der Waals surface area contributed by atoms with E-state index in [1.807, 2.05) is 42.5 Å². The van der Waals surface area contributed by atoms with Crippen molar-refractivity contribution in [1.29, 1.82) is 0 Å². The molecule has 1 aliphatic carbocycles. The predicted octanol–water partition coefficient (Wildman–Crippen LogP) is 4.43. The summed E-state index contributed by atoms with van der Waals surface area (Å²) in [5.74, 6) is 0.836. The average molecular weight is 302 g/mol. The molecule has 0 bridgehead atoms. The van der Waals surface area contributed by atoms with E-state index >= 15 is 0 Å². The lowest BCUT2D eigenvalue weighted by Gasteiger charge is -2.18. The zero-order valence-corrected chi connectivity index (χ0v) is 12.3. The maximum absolute atomic E-state index is 9.03. The Morgan fingerprint density at radius 2 is 1.90 bits per heavy atom. The van der Waals surface area contributed by atoms with Crippen molar-refractivity contribution in [3.63, 3.8) is 0 Å². The first-order valence-corrected chi connectivity index (χ1v) is 7.35. The predicted molar refractivity (Wildman–Crippen MR) is 83.5 cm³/mol. The van der Waals surface area contributed by atoms with Crippen LogP contribution in [0.4, 0.5) is 0 Å². The number of hydrogen-bond acceptors (Lipinski definition) is 3. The van der Waals surface area contributed by atoms with Gasteiger partial charge in [-0.1, -0.05) is 28.9 Å². The van der Waals surface area contributed by atoms with Gasteiger partial charge in [0.2, 0.25) is 0 Å².